The van der Waals surface area contributed by atoms with E-state index in [1.807, 2.05) is 36.4 Å². The molecule has 0 N–H and O–H groups in total. The Labute approximate surface area is 252 Å². The monoisotopic (exact) mass is 709 g/mol. The van der Waals surface area contributed by atoms with E-state index in [9.17, 15) is 9.59 Å². The minimum absolute atomic E-state index is 0.0395. The van der Waals surface area contributed by atoms with Crippen molar-refractivity contribution < 1.29 is 22.8 Å². The van der Waals surface area contributed by atoms with Crippen LogP contribution < -0.4 is 15.3 Å². The van der Waals surface area contributed by atoms with Crippen molar-refractivity contribution in [3.05, 3.63) is 104 Å². The standard InChI is InChI=1S/C33H22F3NO2Se2Si/c1-32(33(34,35)36)22-7-6-10-27-28(22)37(24-8-4-5-9-26(24)42(27,2)3)31-23(32)15-18(41-31)14-21-29(38)19-13-17-11-12-40-25(17)16-20(19)30(21)39/h4-16H,1-3H3/b21-14-. The maximum absolute atomic E-state index is 15.3. The van der Waals surface area contributed by atoms with E-state index in [-0.39, 0.29) is 42.8 Å². The van der Waals surface area contributed by atoms with Gasteiger partial charge in [-0.3, -0.25) is 0 Å². The third kappa shape index (κ3) is 3.23. The van der Waals surface area contributed by atoms with Crippen molar-refractivity contribution in [3.63, 3.8) is 0 Å². The number of rotatable bonds is 1. The molecule has 0 fully saturated rings. The molecule has 0 bridgehead atoms. The van der Waals surface area contributed by atoms with Gasteiger partial charge < -0.3 is 0 Å². The van der Waals surface area contributed by atoms with Crippen LogP contribution in [0.1, 0.15) is 43.2 Å². The third-order valence-corrected chi connectivity index (χ3v) is 16.8. The number of halogens is 3. The van der Waals surface area contributed by atoms with Crippen LogP contribution in [0.25, 0.3) is 15.7 Å². The number of para-hydroxylation sites is 2. The number of hydrogen-bond acceptors (Lipinski definition) is 3. The molecule has 0 saturated carbocycles. The van der Waals surface area contributed by atoms with Gasteiger partial charge in [0.15, 0.2) is 0 Å². The van der Waals surface area contributed by atoms with Crippen LogP contribution in [0.3, 0.4) is 0 Å². The molecule has 0 spiro atoms. The van der Waals surface area contributed by atoms with Gasteiger partial charge in [0, 0.05) is 0 Å². The predicted molar refractivity (Wildman–Crippen MR) is 165 cm³/mol. The van der Waals surface area contributed by atoms with Gasteiger partial charge >= 0.3 is 254 Å². The fourth-order valence-corrected chi connectivity index (χ4v) is 14.1. The van der Waals surface area contributed by atoms with E-state index in [1.165, 1.54) is 12.1 Å². The topological polar surface area (TPSA) is 37.4 Å². The minimum atomic E-state index is -4.56. The fourth-order valence-electron chi connectivity index (χ4n) is 6.86. The zero-order chi connectivity index (χ0) is 29.3. The van der Waals surface area contributed by atoms with Crippen LogP contribution in [0.5, 0.6) is 0 Å². The SMILES string of the molecule is CC1(C(F)(F)F)c2cc(/C=C3/C(=O)c4cc5cc[se]c5cc4C3=O)[se]c2N2c3ccccc3[Si](C)(C)c3cccc1c32. The van der Waals surface area contributed by atoms with E-state index < -0.39 is 34.2 Å². The second-order valence-electron chi connectivity index (χ2n) is 11.7. The molecule has 2 aliphatic heterocycles. The molecule has 42 heavy (non-hydrogen) atoms. The molecule has 1 aliphatic carbocycles. The first kappa shape index (κ1) is 26.4. The number of carbonyl (C=O) groups excluding carboxylic acids is 2. The zero-order valence-corrected chi connectivity index (χ0v) is 27.1. The number of nitrogens with zero attached hydrogens (tertiary/aromatic N) is 1. The Balaban J connectivity index is 1.37. The normalized spacial score (nSPS) is 21.0. The summed E-state index contributed by atoms with van der Waals surface area (Å²) < 4.78 is 48.1. The summed E-state index contributed by atoms with van der Waals surface area (Å²) in [5.74, 6) is -0.699. The Bertz CT molecular complexity index is 2030. The first-order valence-corrected chi connectivity index (χ1v) is 20.1. The van der Waals surface area contributed by atoms with E-state index in [0.29, 0.717) is 25.8 Å². The second-order valence-corrected chi connectivity index (χ2v) is 20.3. The molecule has 3 aliphatic rings. The number of fused-ring (bicyclic) bond motifs is 6. The summed E-state index contributed by atoms with van der Waals surface area (Å²) in [7, 11) is -2.31. The summed E-state index contributed by atoms with van der Waals surface area (Å²) in [5, 5.41) is 3.13. The number of Topliss-reactive ketones (excluding diaryl/α,β-unsaturated/α-hetero) is 2. The molecule has 4 heterocycles. The summed E-state index contributed by atoms with van der Waals surface area (Å²) in [6, 6.07) is 20.6. The number of benzene rings is 3. The number of ketones is 2. The summed E-state index contributed by atoms with van der Waals surface area (Å²) in [6.07, 6.45) is -3.00. The van der Waals surface area contributed by atoms with Crippen LogP contribution in [-0.2, 0) is 5.41 Å². The van der Waals surface area contributed by atoms with Crippen molar-refractivity contribution in [1.82, 2.24) is 0 Å². The molecule has 5 aromatic rings. The van der Waals surface area contributed by atoms with Crippen molar-refractivity contribution in [2.45, 2.75) is 31.6 Å². The molecule has 8 rings (SSSR count). The van der Waals surface area contributed by atoms with Crippen LogP contribution >= 0.6 is 0 Å². The van der Waals surface area contributed by atoms with Gasteiger partial charge in [0.1, 0.15) is 0 Å². The van der Waals surface area contributed by atoms with Crippen LogP contribution in [0, 0.1) is 0 Å². The Kier molecular flexibility index (Phi) is 5.32. The third-order valence-electron chi connectivity index (χ3n) is 9.19. The average Bonchev–Trinajstić information content (AvgIpc) is 3.65. The van der Waals surface area contributed by atoms with Crippen molar-refractivity contribution in [1.29, 1.82) is 0 Å². The van der Waals surface area contributed by atoms with E-state index >= 15 is 13.2 Å². The zero-order valence-electron chi connectivity index (χ0n) is 22.7. The van der Waals surface area contributed by atoms with Gasteiger partial charge in [0.2, 0.25) is 0 Å². The summed E-state index contributed by atoms with van der Waals surface area (Å²) >= 11 is -0.447. The van der Waals surface area contributed by atoms with E-state index in [2.05, 4.69) is 29.0 Å². The Morgan fingerprint density at radius 1 is 0.881 bits per heavy atom. The first-order valence-electron chi connectivity index (χ1n) is 13.5. The summed E-state index contributed by atoms with van der Waals surface area (Å²) in [4.78, 5) is 31.0. The molecule has 2 aromatic heterocycles. The molecule has 0 saturated heterocycles. The van der Waals surface area contributed by atoms with Gasteiger partial charge in [-0.25, -0.2) is 0 Å². The first-order chi connectivity index (χ1) is 19.9. The van der Waals surface area contributed by atoms with E-state index in [4.69, 9.17) is 0 Å². The van der Waals surface area contributed by atoms with Crippen molar-refractivity contribution in [2.24, 2.45) is 0 Å². The number of hydrogen-bond donors (Lipinski definition) is 0. The van der Waals surface area contributed by atoms with Crippen molar-refractivity contribution in [3.8, 4) is 0 Å². The van der Waals surface area contributed by atoms with Gasteiger partial charge in [0.25, 0.3) is 0 Å². The average molecular weight is 708 g/mol. The number of carbonyl (C=O) groups is 2. The molecular formula is C33H22F3NO2Se2Si. The van der Waals surface area contributed by atoms with Gasteiger partial charge in [0.05, 0.1) is 0 Å². The Hall–Kier alpha value is -3.19. The summed E-state index contributed by atoms with van der Waals surface area (Å²) in [5.41, 5.74) is 0.624. The number of allylic oxidation sites excluding steroid dienone is 1. The Morgan fingerprint density at radius 3 is 2.36 bits per heavy atom. The van der Waals surface area contributed by atoms with Crippen molar-refractivity contribution >= 4 is 90.7 Å². The molecule has 1 unspecified atom stereocenters. The molecule has 3 nitrogen and oxygen atoms in total. The maximum atomic E-state index is 15.3. The van der Waals surface area contributed by atoms with E-state index in [0.717, 1.165) is 20.5 Å². The fraction of sp³-hybridized carbons (Fsp3) is 0.152. The van der Waals surface area contributed by atoms with Crippen LogP contribution in [0.4, 0.5) is 29.1 Å². The molecule has 0 radical (unpaired) electrons. The van der Waals surface area contributed by atoms with Crippen molar-refractivity contribution in [2.75, 3.05) is 4.90 Å². The number of anilines is 3. The molecule has 1 atom stereocenters. The second kappa shape index (κ2) is 8.46. The molecule has 0 amide bonds. The molecular weight excluding hydrogens is 685 g/mol. The van der Waals surface area contributed by atoms with Crippen LogP contribution in [0.15, 0.2) is 77.2 Å². The number of alkyl halides is 3. The predicted octanol–water partition coefficient (Wildman–Crippen LogP) is 6.20. The quantitative estimate of drug-likeness (QED) is 0.118. The van der Waals surface area contributed by atoms with Gasteiger partial charge in [-0.2, -0.15) is 0 Å². The van der Waals surface area contributed by atoms with Gasteiger partial charge in [-0.1, -0.05) is 0 Å². The molecule has 9 heteroatoms. The summed E-state index contributed by atoms with van der Waals surface area (Å²) in [6.45, 7) is 5.68. The van der Waals surface area contributed by atoms with E-state index in [1.54, 1.807) is 30.3 Å². The van der Waals surface area contributed by atoms with Crippen LogP contribution in [-0.4, -0.2) is 54.8 Å². The molecule has 208 valence electrons. The van der Waals surface area contributed by atoms with Crippen LogP contribution in [0.2, 0.25) is 13.1 Å². The van der Waals surface area contributed by atoms with Gasteiger partial charge in [-0.05, 0) is 0 Å². The Morgan fingerprint density at radius 2 is 1.60 bits per heavy atom. The molecule has 3 aromatic carbocycles. The van der Waals surface area contributed by atoms with Gasteiger partial charge in [-0.15, -0.1) is 0 Å².